The van der Waals surface area contributed by atoms with Crippen LogP contribution in [0.2, 0.25) is 5.02 Å². The lowest BCUT2D eigenvalue weighted by molar-refractivity contribution is 1.15. The summed E-state index contributed by atoms with van der Waals surface area (Å²) in [6.45, 7) is 5.95. The highest BCUT2D eigenvalue weighted by atomic mass is 35.5. The minimum absolute atomic E-state index is 0.752. The van der Waals surface area contributed by atoms with E-state index in [9.17, 15) is 0 Å². The van der Waals surface area contributed by atoms with E-state index in [0.29, 0.717) is 0 Å². The molecule has 0 aliphatic rings. The maximum Gasteiger partial charge on any atom is 0.0995 e. The fraction of sp³-hybridized carbons (Fsp3) is 0.300. The Morgan fingerprint density at radius 2 is 2.08 bits per heavy atom. The molecule has 0 aliphatic heterocycles. The summed E-state index contributed by atoms with van der Waals surface area (Å²) in [4.78, 5) is 4.14. The largest absolute Gasteiger partial charge is 0.305 e. The summed E-state index contributed by atoms with van der Waals surface area (Å²) in [5.74, 6) is 0. The first-order valence-electron chi connectivity index (χ1n) is 4.37. The second-order valence-electron chi connectivity index (χ2n) is 2.44. The summed E-state index contributed by atoms with van der Waals surface area (Å²) in [5.41, 5.74) is 1.96. The highest BCUT2D eigenvalue weighted by Gasteiger charge is 2.01. The van der Waals surface area contributed by atoms with E-state index in [2.05, 4.69) is 4.98 Å². The number of halogens is 1. The zero-order valence-electron chi connectivity index (χ0n) is 8.08. The molecular weight excluding hydrogens is 184 g/mol. The number of hydrogen-bond donors (Lipinski definition) is 0. The highest BCUT2D eigenvalue weighted by Crippen LogP contribution is 2.18. The van der Waals surface area contributed by atoms with Crippen molar-refractivity contribution in [2.75, 3.05) is 0 Å². The summed E-state index contributed by atoms with van der Waals surface area (Å²) in [6, 6.07) is 3.77. The molecule has 0 aromatic carbocycles. The molecule has 0 amide bonds. The minimum atomic E-state index is 0.752. The second-order valence-corrected chi connectivity index (χ2v) is 2.85. The molecule has 0 aliphatic carbocycles. The number of aromatic nitrogens is 2. The molecule has 0 spiro atoms. The molecule has 0 atom stereocenters. The van der Waals surface area contributed by atoms with Crippen molar-refractivity contribution < 1.29 is 0 Å². The van der Waals surface area contributed by atoms with Crippen LogP contribution in [0.4, 0.5) is 0 Å². The number of imidazole rings is 1. The zero-order valence-corrected chi connectivity index (χ0v) is 8.84. The lowest BCUT2D eigenvalue weighted by Crippen LogP contribution is -1.81. The molecule has 0 unspecified atom stereocenters. The van der Waals surface area contributed by atoms with Crippen LogP contribution < -0.4 is 0 Å². The number of fused-ring (bicyclic) bond motifs is 1. The Kier molecular flexibility index (Phi) is 3.32. The van der Waals surface area contributed by atoms with Crippen LogP contribution in [-0.4, -0.2) is 9.38 Å². The molecule has 70 valence electrons. The summed E-state index contributed by atoms with van der Waals surface area (Å²) in [6.07, 6.45) is 3.69. The Morgan fingerprint density at radius 3 is 2.69 bits per heavy atom. The van der Waals surface area contributed by atoms with Crippen LogP contribution in [0.25, 0.3) is 5.52 Å². The molecule has 2 nitrogen and oxygen atoms in total. The van der Waals surface area contributed by atoms with Crippen LogP contribution >= 0.6 is 11.6 Å². The number of hydrogen-bond acceptors (Lipinski definition) is 1. The van der Waals surface area contributed by atoms with Gasteiger partial charge in [-0.25, -0.2) is 4.98 Å². The van der Waals surface area contributed by atoms with Gasteiger partial charge in [0.1, 0.15) is 0 Å². The molecule has 2 rings (SSSR count). The predicted octanol–water partition coefficient (Wildman–Crippen LogP) is 3.32. The van der Waals surface area contributed by atoms with Gasteiger partial charge in [0.05, 0.1) is 22.6 Å². The molecule has 0 bridgehead atoms. The van der Waals surface area contributed by atoms with Gasteiger partial charge in [0, 0.05) is 6.20 Å². The van der Waals surface area contributed by atoms with Crippen molar-refractivity contribution in [2.45, 2.75) is 20.8 Å². The first-order chi connectivity index (χ1) is 6.29. The van der Waals surface area contributed by atoms with Gasteiger partial charge in [-0.05, 0) is 19.1 Å². The van der Waals surface area contributed by atoms with Crippen LogP contribution in [-0.2, 0) is 0 Å². The van der Waals surface area contributed by atoms with E-state index in [-0.39, 0.29) is 0 Å². The SMILES string of the molecule is CC.Cc1ncn2cccc(Cl)c12. The maximum absolute atomic E-state index is 5.94. The quantitative estimate of drug-likeness (QED) is 0.632. The first kappa shape index (κ1) is 10.1. The third-order valence-corrected chi connectivity index (χ3v) is 2.00. The first-order valence-corrected chi connectivity index (χ1v) is 4.74. The number of pyridine rings is 1. The Bertz CT molecular complexity index is 393. The molecule has 2 aromatic rings. The third-order valence-electron chi connectivity index (χ3n) is 1.69. The molecular formula is C10H13ClN2. The topological polar surface area (TPSA) is 17.3 Å². The van der Waals surface area contributed by atoms with Crippen molar-refractivity contribution in [3.05, 3.63) is 35.4 Å². The van der Waals surface area contributed by atoms with Gasteiger partial charge in [0.2, 0.25) is 0 Å². The lowest BCUT2D eigenvalue weighted by atomic mass is 10.3. The molecule has 0 saturated heterocycles. The van der Waals surface area contributed by atoms with Gasteiger partial charge in [0.25, 0.3) is 0 Å². The fourth-order valence-electron chi connectivity index (χ4n) is 1.16. The molecule has 3 heteroatoms. The number of aryl methyl sites for hydroxylation is 1. The normalized spacial score (nSPS) is 9.54. The van der Waals surface area contributed by atoms with Crippen LogP contribution in [0.3, 0.4) is 0 Å². The van der Waals surface area contributed by atoms with Crippen molar-refractivity contribution in [2.24, 2.45) is 0 Å². The van der Waals surface area contributed by atoms with Crippen LogP contribution in [0.1, 0.15) is 19.5 Å². The minimum Gasteiger partial charge on any atom is -0.305 e. The Balaban J connectivity index is 0.000000396. The average Bonchev–Trinajstić information content (AvgIpc) is 2.53. The van der Waals surface area contributed by atoms with Gasteiger partial charge in [-0.3, -0.25) is 0 Å². The van der Waals surface area contributed by atoms with Crippen molar-refractivity contribution >= 4 is 17.1 Å². The van der Waals surface area contributed by atoms with E-state index in [1.807, 2.05) is 43.5 Å². The van der Waals surface area contributed by atoms with E-state index in [4.69, 9.17) is 11.6 Å². The van der Waals surface area contributed by atoms with E-state index < -0.39 is 0 Å². The standard InChI is InChI=1S/C8H7ClN2.C2H6/c1-6-8-7(9)3-2-4-11(8)5-10-6;1-2/h2-5H,1H3;1-2H3. The van der Waals surface area contributed by atoms with Crippen molar-refractivity contribution in [3.63, 3.8) is 0 Å². The fourth-order valence-corrected chi connectivity index (χ4v) is 1.47. The molecule has 2 aromatic heterocycles. The van der Waals surface area contributed by atoms with Crippen molar-refractivity contribution in [1.82, 2.24) is 9.38 Å². The molecule has 0 N–H and O–H groups in total. The smallest absolute Gasteiger partial charge is 0.0995 e. The van der Waals surface area contributed by atoms with Gasteiger partial charge in [-0.15, -0.1) is 0 Å². The van der Waals surface area contributed by atoms with Crippen LogP contribution in [0.15, 0.2) is 24.7 Å². The van der Waals surface area contributed by atoms with E-state index in [1.54, 1.807) is 6.33 Å². The number of rotatable bonds is 0. The van der Waals surface area contributed by atoms with Gasteiger partial charge < -0.3 is 4.40 Å². The summed E-state index contributed by atoms with van der Waals surface area (Å²) in [7, 11) is 0. The van der Waals surface area contributed by atoms with E-state index >= 15 is 0 Å². The van der Waals surface area contributed by atoms with E-state index in [1.165, 1.54) is 0 Å². The molecule has 0 fully saturated rings. The molecule has 0 radical (unpaired) electrons. The van der Waals surface area contributed by atoms with Gasteiger partial charge >= 0.3 is 0 Å². The highest BCUT2D eigenvalue weighted by molar-refractivity contribution is 6.33. The van der Waals surface area contributed by atoms with Gasteiger partial charge in [-0.1, -0.05) is 25.4 Å². The Morgan fingerprint density at radius 1 is 1.38 bits per heavy atom. The van der Waals surface area contributed by atoms with Crippen LogP contribution in [0, 0.1) is 6.92 Å². The zero-order chi connectivity index (χ0) is 9.84. The number of nitrogens with zero attached hydrogens (tertiary/aromatic N) is 2. The average molecular weight is 197 g/mol. The molecule has 0 saturated carbocycles. The van der Waals surface area contributed by atoms with Gasteiger partial charge in [0.15, 0.2) is 0 Å². The maximum atomic E-state index is 5.94. The van der Waals surface area contributed by atoms with Crippen molar-refractivity contribution in [3.8, 4) is 0 Å². The van der Waals surface area contributed by atoms with Gasteiger partial charge in [-0.2, -0.15) is 0 Å². The van der Waals surface area contributed by atoms with Crippen LogP contribution in [0.5, 0.6) is 0 Å². The monoisotopic (exact) mass is 196 g/mol. The lowest BCUT2D eigenvalue weighted by Gasteiger charge is -1.94. The molecule has 2 heterocycles. The second kappa shape index (κ2) is 4.28. The summed E-state index contributed by atoms with van der Waals surface area (Å²) < 4.78 is 1.91. The molecule has 13 heavy (non-hydrogen) atoms. The van der Waals surface area contributed by atoms with E-state index in [0.717, 1.165) is 16.2 Å². The predicted molar refractivity (Wildman–Crippen MR) is 56.3 cm³/mol. The summed E-state index contributed by atoms with van der Waals surface area (Å²) in [5, 5.41) is 0.752. The Hall–Kier alpha value is -1.02. The van der Waals surface area contributed by atoms with Crippen molar-refractivity contribution in [1.29, 1.82) is 0 Å². The summed E-state index contributed by atoms with van der Waals surface area (Å²) >= 11 is 5.94. The Labute approximate surface area is 83.2 Å². The third kappa shape index (κ3) is 1.83.